The molecule has 1 N–H and O–H groups in total. The monoisotopic (exact) mass is 290 g/mol. The molecule has 5 heteroatoms. The number of aromatic nitrogens is 1. The van der Waals surface area contributed by atoms with E-state index in [1.54, 1.807) is 12.4 Å². The molecule has 0 saturated carbocycles. The van der Waals surface area contributed by atoms with Crippen LogP contribution in [0.15, 0.2) is 24.5 Å². The van der Waals surface area contributed by atoms with Gasteiger partial charge < -0.3 is 15.1 Å². The molecule has 1 aromatic rings. The van der Waals surface area contributed by atoms with Crippen molar-refractivity contribution < 1.29 is 4.79 Å². The quantitative estimate of drug-likeness (QED) is 0.903. The molecule has 0 atom stereocenters. The van der Waals surface area contributed by atoms with E-state index >= 15 is 0 Å². The number of carbonyl (C=O) groups excluding carboxylic acids is 1. The molecule has 2 heterocycles. The fourth-order valence-electron chi connectivity index (χ4n) is 2.82. The zero-order chi connectivity index (χ0) is 15.1. The van der Waals surface area contributed by atoms with Crippen LogP contribution in [0.25, 0.3) is 0 Å². The van der Waals surface area contributed by atoms with E-state index in [2.05, 4.69) is 22.1 Å². The number of hydrogen-bond acceptors (Lipinski definition) is 3. The molecule has 0 radical (unpaired) electrons. The average Bonchev–Trinajstić information content (AvgIpc) is 2.54. The van der Waals surface area contributed by atoms with E-state index < -0.39 is 0 Å². The predicted octanol–water partition coefficient (Wildman–Crippen LogP) is 2.10. The summed E-state index contributed by atoms with van der Waals surface area (Å²) >= 11 is 0. The van der Waals surface area contributed by atoms with Crippen LogP contribution in [0.4, 0.5) is 4.79 Å². The fraction of sp³-hybridized carbons (Fsp3) is 0.625. The van der Waals surface area contributed by atoms with E-state index in [4.69, 9.17) is 0 Å². The summed E-state index contributed by atoms with van der Waals surface area (Å²) < 4.78 is 0. The first-order valence-electron chi connectivity index (χ1n) is 7.82. The Kier molecular flexibility index (Phi) is 5.99. The highest BCUT2D eigenvalue weighted by Crippen LogP contribution is 2.15. The molecule has 1 aliphatic heterocycles. The van der Waals surface area contributed by atoms with Gasteiger partial charge in [-0.3, -0.25) is 4.98 Å². The maximum atomic E-state index is 12.2. The Labute approximate surface area is 127 Å². The highest BCUT2D eigenvalue weighted by molar-refractivity contribution is 5.74. The van der Waals surface area contributed by atoms with Gasteiger partial charge in [0.05, 0.1) is 0 Å². The molecule has 116 valence electrons. The van der Waals surface area contributed by atoms with Gasteiger partial charge in [0.25, 0.3) is 0 Å². The zero-order valence-electron chi connectivity index (χ0n) is 13.1. The first-order valence-corrected chi connectivity index (χ1v) is 7.82. The smallest absolute Gasteiger partial charge is 0.317 e. The largest absolute Gasteiger partial charge is 0.334 e. The molecule has 2 amide bonds. The second-order valence-electron chi connectivity index (χ2n) is 5.70. The second kappa shape index (κ2) is 7.98. The van der Waals surface area contributed by atoms with Crippen LogP contribution < -0.4 is 5.32 Å². The van der Waals surface area contributed by atoms with Gasteiger partial charge in [-0.15, -0.1) is 0 Å². The van der Waals surface area contributed by atoms with Gasteiger partial charge in [-0.1, -0.05) is 6.92 Å². The predicted molar refractivity (Wildman–Crippen MR) is 84.0 cm³/mol. The summed E-state index contributed by atoms with van der Waals surface area (Å²) in [5.74, 6) is 0. The van der Waals surface area contributed by atoms with Crippen molar-refractivity contribution in [2.75, 3.05) is 26.7 Å². The van der Waals surface area contributed by atoms with Crippen molar-refractivity contribution in [2.45, 2.75) is 38.8 Å². The summed E-state index contributed by atoms with van der Waals surface area (Å²) in [7, 11) is 1.90. The SMILES string of the molecule is CCCN1CCC(N(C)C(=O)NCc2ccncc2)CC1. The van der Waals surface area contributed by atoms with Gasteiger partial charge in [0, 0.05) is 45.1 Å². The normalized spacial score (nSPS) is 16.7. The van der Waals surface area contributed by atoms with Gasteiger partial charge in [-0.25, -0.2) is 4.79 Å². The van der Waals surface area contributed by atoms with E-state index in [1.165, 1.54) is 13.0 Å². The number of piperidine rings is 1. The van der Waals surface area contributed by atoms with Crippen molar-refractivity contribution in [1.29, 1.82) is 0 Å². The number of amides is 2. The Bertz CT molecular complexity index is 429. The molecule has 0 spiro atoms. The lowest BCUT2D eigenvalue weighted by atomic mass is 10.0. The van der Waals surface area contributed by atoms with Crippen molar-refractivity contribution in [3.63, 3.8) is 0 Å². The van der Waals surface area contributed by atoms with Gasteiger partial charge in [0.15, 0.2) is 0 Å². The molecule has 1 saturated heterocycles. The van der Waals surface area contributed by atoms with E-state index in [0.717, 1.165) is 31.5 Å². The molecule has 1 aromatic heterocycles. The molecule has 0 unspecified atom stereocenters. The number of nitrogens with one attached hydrogen (secondary N) is 1. The van der Waals surface area contributed by atoms with Gasteiger partial charge >= 0.3 is 6.03 Å². The topological polar surface area (TPSA) is 48.5 Å². The lowest BCUT2D eigenvalue weighted by Crippen LogP contribution is -2.48. The average molecular weight is 290 g/mol. The number of urea groups is 1. The molecule has 0 aromatic carbocycles. The molecule has 1 aliphatic rings. The van der Waals surface area contributed by atoms with Crippen molar-refractivity contribution in [2.24, 2.45) is 0 Å². The van der Waals surface area contributed by atoms with Crippen molar-refractivity contribution in [1.82, 2.24) is 20.1 Å². The lowest BCUT2D eigenvalue weighted by molar-refractivity contribution is 0.134. The Hall–Kier alpha value is -1.62. The Morgan fingerprint density at radius 2 is 2.05 bits per heavy atom. The van der Waals surface area contributed by atoms with E-state index in [9.17, 15) is 4.79 Å². The van der Waals surface area contributed by atoms with E-state index in [-0.39, 0.29) is 6.03 Å². The van der Waals surface area contributed by atoms with Crippen molar-refractivity contribution >= 4 is 6.03 Å². The number of carbonyl (C=O) groups is 1. The molecular weight excluding hydrogens is 264 g/mol. The Balaban J connectivity index is 1.75. The maximum Gasteiger partial charge on any atom is 0.317 e. The number of rotatable bonds is 5. The number of hydrogen-bond donors (Lipinski definition) is 1. The second-order valence-corrected chi connectivity index (χ2v) is 5.70. The zero-order valence-corrected chi connectivity index (χ0v) is 13.1. The van der Waals surface area contributed by atoms with Crippen LogP contribution in [0.5, 0.6) is 0 Å². The fourth-order valence-corrected chi connectivity index (χ4v) is 2.82. The molecular formula is C16H26N4O. The van der Waals surface area contributed by atoms with Gasteiger partial charge in [-0.2, -0.15) is 0 Å². The van der Waals surface area contributed by atoms with Gasteiger partial charge in [0.1, 0.15) is 0 Å². The maximum absolute atomic E-state index is 12.2. The van der Waals surface area contributed by atoms with Crippen molar-refractivity contribution in [3.05, 3.63) is 30.1 Å². The number of pyridine rings is 1. The molecule has 5 nitrogen and oxygen atoms in total. The summed E-state index contributed by atoms with van der Waals surface area (Å²) in [6, 6.07) is 4.21. The highest BCUT2D eigenvalue weighted by atomic mass is 16.2. The summed E-state index contributed by atoms with van der Waals surface area (Å²) in [6.45, 7) is 6.14. The van der Waals surface area contributed by atoms with Gasteiger partial charge in [0.2, 0.25) is 0 Å². The number of likely N-dealkylation sites (tertiary alicyclic amines) is 1. The van der Waals surface area contributed by atoms with Gasteiger partial charge in [-0.05, 0) is 43.5 Å². The van der Waals surface area contributed by atoms with Crippen LogP contribution in [-0.4, -0.2) is 53.5 Å². The standard InChI is InChI=1S/C16H26N4O/c1-3-10-20-11-6-15(7-12-20)19(2)16(21)18-13-14-4-8-17-9-5-14/h4-5,8-9,15H,3,6-7,10-13H2,1-2H3,(H,18,21). The summed E-state index contributed by atoms with van der Waals surface area (Å²) in [5.41, 5.74) is 1.07. The van der Waals surface area contributed by atoms with E-state index in [1.807, 2.05) is 24.1 Å². The summed E-state index contributed by atoms with van der Waals surface area (Å²) in [6.07, 6.45) is 6.83. The summed E-state index contributed by atoms with van der Waals surface area (Å²) in [5, 5.41) is 2.98. The van der Waals surface area contributed by atoms with E-state index in [0.29, 0.717) is 12.6 Å². The van der Waals surface area contributed by atoms with Crippen molar-refractivity contribution in [3.8, 4) is 0 Å². The Morgan fingerprint density at radius 3 is 2.67 bits per heavy atom. The molecule has 2 rings (SSSR count). The van der Waals surface area contributed by atoms with Crippen LogP contribution in [0.1, 0.15) is 31.7 Å². The van der Waals surface area contributed by atoms with Crippen LogP contribution in [0, 0.1) is 0 Å². The third-order valence-electron chi connectivity index (χ3n) is 4.16. The minimum absolute atomic E-state index is 0.0146. The van der Waals surface area contributed by atoms with Crippen LogP contribution >= 0.6 is 0 Å². The first-order chi connectivity index (χ1) is 10.2. The van der Waals surface area contributed by atoms with Crippen LogP contribution in [0.2, 0.25) is 0 Å². The minimum Gasteiger partial charge on any atom is -0.334 e. The first kappa shape index (κ1) is 15.8. The Morgan fingerprint density at radius 1 is 1.38 bits per heavy atom. The van der Waals surface area contributed by atoms with Crippen LogP contribution in [-0.2, 0) is 6.54 Å². The lowest BCUT2D eigenvalue weighted by Gasteiger charge is -2.36. The third-order valence-corrected chi connectivity index (χ3v) is 4.16. The highest BCUT2D eigenvalue weighted by Gasteiger charge is 2.24. The minimum atomic E-state index is 0.0146. The summed E-state index contributed by atoms with van der Waals surface area (Å²) in [4.78, 5) is 20.5. The number of nitrogens with zero attached hydrogens (tertiary/aromatic N) is 3. The molecule has 1 fully saturated rings. The molecule has 0 bridgehead atoms. The third kappa shape index (κ3) is 4.70. The van der Waals surface area contributed by atoms with Crippen LogP contribution in [0.3, 0.4) is 0 Å². The molecule has 0 aliphatic carbocycles. The molecule has 21 heavy (non-hydrogen) atoms.